The van der Waals surface area contributed by atoms with Crippen LogP contribution in [-0.2, 0) is 4.57 Å². The van der Waals surface area contributed by atoms with Gasteiger partial charge in [-0.1, -0.05) is 115 Å². The molecule has 4 nitrogen and oxygen atoms in total. The molecule has 0 saturated heterocycles. The van der Waals surface area contributed by atoms with Crippen molar-refractivity contribution in [3.8, 4) is 11.1 Å². The lowest BCUT2D eigenvalue weighted by molar-refractivity contribution is -0.00156. The first-order valence-electron chi connectivity index (χ1n) is 9.78. The summed E-state index contributed by atoms with van der Waals surface area (Å²) < 4.78 is 14.3. The van der Waals surface area contributed by atoms with Crippen LogP contribution in [0.4, 0.5) is 0 Å². The fourth-order valence-corrected chi connectivity index (χ4v) is 6.01. The van der Waals surface area contributed by atoms with E-state index >= 15 is 0 Å². The Bertz CT molecular complexity index is 1250. The van der Waals surface area contributed by atoms with Gasteiger partial charge in [0.2, 0.25) is 0 Å². The molecule has 0 atom stereocenters. The van der Waals surface area contributed by atoms with Crippen LogP contribution in [0, 0.1) is 0 Å². The first-order chi connectivity index (χ1) is 15.1. The largest absolute Gasteiger partial charge is 0.402 e. The van der Waals surface area contributed by atoms with Gasteiger partial charge >= 0.3 is 5.45 Å². The highest BCUT2D eigenvalue weighted by Gasteiger charge is 2.45. The van der Waals surface area contributed by atoms with Crippen molar-refractivity contribution >= 4 is 29.0 Å². The van der Waals surface area contributed by atoms with Crippen LogP contribution in [0.3, 0.4) is 0 Å². The third-order valence-corrected chi connectivity index (χ3v) is 8.03. The van der Waals surface area contributed by atoms with E-state index in [9.17, 15) is 14.9 Å². The van der Waals surface area contributed by atoms with E-state index in [-0.39, 0.29) is 5.45 Å². The van der Waals surface area contributed by atoms with Crippen LogP contribution < -0.4 is 10.6 Å². The van der Waals surface area contributed by atoms with Gasteiger partial charge in [0.25, 0.3) is 12.9 Å². The molecule has 0 spiro atoms. The maximum absolute atomic E-state index is 14.3. The second-order valence-electron chi connectivity index (χ2n) is 6.98. The number of hydrogen-bond acceptors (Lipinski definition) is 2. The molecule has 31 heavy (non-hydrogen) atoms. The summed E-state index contributed by atoms with van der Waals surface area (Å²) in [5, 5.41) is 0.867. The number of Topliss-reactive ketones (excluding diaryl/α,β-unsaturated/α-hetero) is 1. The molecule has 4 rings (SSSR count). The average Bonchev–Trinajstić information content (AvgIpc) is 2.86. The minimum atomic E-state index is -3.68. The minimum Gasteiger partial charge on any atom is -0.360 e. The molecule has 0 fully saturated rings. The molecule has 0 heterocycles. The number of hydrogen-bond donors (Lipinski definition) is 0. The molecule has 0 amide bonds. The number of carbonyl (C=O) groups is 1. The monoisotopic (exact) mass is 422 g/mol. The molecule has 0 saturated carbocycles. The van der Waals surface area contributed by atoms with Gasteiger partial charge in [0.1, 0.15) is 0 Å². The summed E-state index contributed by atoms with van der Waals surface area (Å²) >= 11 is 0. The van der Waals surface area contributed by atoms with Crippen LogP contribution in [-0.4, -0.2) is 16.0 Å². The Morgan fingerprint density at radius 2 is 1.03 bits per heavy atom. The topological polar surface area (TPSA) is 70.5 Å². The number of ketones is 1. The average molecular weight is 422 g/mol. The van der Waals surface area contributed by atoms with Crippen molar-refractivity contribution in [2.24, 2.45) is 0 Å². The fraction of sp³-hybridized carbons (Fsp3) is 0. The Morgan fingerprint density at radius 3 is 1.48 bits per heavy atom. The Hall–Kier alpha value is -3.84. The van der Waals surface area contributed by atoms with E-state index in [1.54, 1.807) is 72.8 Å². The normalized spacial score (nSPS) is 10.8. The van der Waals surface area contributed by atoms with Gasteiger partial charge in [-0.2, -0.15) is 4.79 Å². The Balaban J connectivity index is 1.78. The van der Waals surface area contributed by atoms with Gasteiger partial charge in [-0.3, -0.25) is 4.79 Å². The molecule has 0 N–H and O–H groups in total. The second kappa shape index (κ2) is 8.89. The summed E-state index contributed by atoms with van der Waals surface area (Å²) in [5.41, 5.74) is 11.8. The standard InChI is InChI=1S/C26H19N2O2P/c27-28-26(25(29)22-18-16-21(17-19-22)20-10-4-1-5-11-20)31(30,23-12-6-2-7-13-23)24-14-8-3-9-15-24/h1-19H. The highest BCUT2D eigenvalue weighted by Crippen LogP contribution is 2.45. The summed E-state index contributed by atoms with van der Waals surface area (Å²) in [6.45, 7) is 0. The zero-order valence-corrected chi connectivity index (χ0v) is 17.5. The Morgan fingerprint density at radius 1 is 0.613 bits per heavy atom. The molecule has 0 unspecified atom stereocenters. The predicted octanol–water partition coefficient (Wildman–Crippen LogP) is 5.18. The molecule has 5 heteroatoms. The highest BCUT2D eigenvalue weighted by atomic mass is 31.2. The molecular weight excluding hydrogens is 403 g/mol. The van der Waals surface area contributed by atoms with Gasteiger partial charge in [0.05, 0.1) is 0 Å². The van der Waals surface area contributed by atoms with Gasteiger partial charge in [0.15, 0.2) is 0 Å². The zero-order valence-electron chi connectivity index (χ0n) is 16.6. The van der Waals surface area contributed by atoms with Crippen LogP contribution in [0.1, 0.15) is 10.4 Å². The third-order valence-electron chi connectivity index (χ3n) is 5.09. The fourth-order valence-electron chi connectivity index (χ4n) is 3.49. The molecular formula is C26H19N2O2P. The predicted molar refractivity (Wildman–Crippen MR) is 125 cm³/mol. The summed E-state index contributed by atoms with van der Waals surface area (Å²) in [5.74, 6) is -0.571. The first kappa shape index (κ1) is 20.4. The summed E-state index contributed by atoms with van der Waals surface area (Å²) in [6, 6.07) is 34.1. The third kappa shape index (κ3) is 3.95. The van der Waals surface area contributed by atoms with E-state index in [2.05, 4.69) is 4.79 Å². The van der Waals surface area contributed by atoms with E-state index in [1.165, 1.54) is 0 Å². The van der Waals surface area contributed by atoms with Gasteiger partial charge in [-0.05, 0) is 11.1 Å². The van der Waals surface area contributed by atoms with Gasteiger partial charge in [0, 0.05) is 16.2 Å². The minimum absolute atomic E-state index is 0.305. The van der Waals surface area contributed by atoms with Crippen molar-refractivity contribution in [1.82, 2.24) is 0 Å². The van der Waals surface area contributed by atoms with Crippen LogP contribution in [0.15, 0.2) is 115 Å². The molecule has 4 aromatic rings. The number of nitrogens with zero attached hydrogens (tertiary/aromatic N) is 2. The zero-order chi connectivity index (χ0) is 21.7. The van der Waals surface area contributed by atoms with E-state index in [0.29, 0.717) is 16.2 Å². The maximum Gasteiger partial charge on any atom is 0.402 e. The van der Waals surface area contributed by atoms with Crippen molar-refractivity contribution < 1.29 is 14.1 Å². The van der Waals surface area contributed by atoms with Crippen LogP contribution in [0.2, 0.25) is 0 Å². The molecule has 0 aliphatic heterocycles. The summed E-state index contributed by atoms with van der Waals surface area (Å²) in [6.07, 6.45) is 0. The Labute approximate surface area is 180 Å². The number of benzene rings is 4. The second-order valence-corrected chi connectivity index (χ2v) is 9.65. The SMILES string of the molecule is [N-]=[N+]=C(C(=O)c1ccc(-c2ccccc2)cc1)P(=O)(c1ccccc1)c1ccccc1. The first-order valence-corrected chi connectivity index (χ1v) is 11.5. The quantitative estimate of drug-likeness (QED) is 0.141. The van der Waals surface area contributed by atoms with Crippen LogP contribution in [0.5, 0.6) is 0 Å². The number of carbonyl (C=O) groups excluding carboxylic acids is 1. The smallest absolute Gasteiger partial charge is 0.360 e. The van der Waals surface area contributed by atoms with Gasteiger partial charge < -0.3 is 10.1 Å². The molecule has 4 aromatic carbocycles. The lowest BCUT2D eigenvalue weighted by Crippen LogP contribution is -2.28. The lowest BCUT2D eigenvalue weighted by Gasteiger charge is -2.14. The molecule has 0 aromatic heterocycles. The highest BCUT2D eigenvalue weighted by molar-refractivity contribution is 7.95. The van der Waals surface area contributed by atoms with E-state index in [1.807, 2.05) is 42.5 Å². The van der Waals surface area contributed by atoms with Crippen LogP contribution in [0.25, 0.3) is 16.7 Å². The van der Waals surface area contributed by atoms with E-state index in [4.69, 9.17) is 0 Å². The van der Waals surface area contributed by atoms with Crippen molar-refractivity contribution in [3.63, 3.8) is 0 Å². The van der Waals surface area contributed by atoms with Gasteiger partial charge in [-0.15, -0.1) is 0 Å². The maximum atomic E-state index is 14.3. The Kier molecular flexibility index (Phi) is 5.86. The van der Waals surface area contributed by atoms with Crippen molar-refractivity contribution in [3.05, 3.63) is 126 Å². The molecule has 150 valence electrons. The van der Waals surface area contributed by atoms with E-state index in [0.717, 1.165) is 11.1 Å². The molecule has 0 aliphatic rings. The number of rotatable bonds is 6. The summed E-state index contributed by atoms with van der Waals surface area (Å²) in [4.78, 5) is 16.6. The van der Waals surface area contributed by atoms with Crippen molar-refractivity contribution in [2.75, 3.05) is 0 Å². The molecule has 0 bridgehead atoms. The van der Waals surface area contributed by atoms with Crippen molar-refractivity contribution in [1.29, 1.82) is 0 Å². The lowest BCUT2D eigenvalue weighted by atomic mass is 10.0. The summed E-state index contributed by atoms with van der Waals surface area (Å²) in [7, 11) is -3.68. The van der Waals surface area contributed by atoms with Crippen molar-refractivity contribution in [2.45, 2.75) is 0 Å². The van der Waals surface area contributed by atoms with E-state index < -0.39 is 12.9 Å². The molecule has 0 aliphatic carbocycles. The van der Waals surface area contributed by atoms with Gasteiger partial charge in [-0.25, -0.2) is 0 Å². The van der Waals surface area contributed by atoms with Crippen LogP contribution >= 0.6 is 7.14 Å². The molecule has 0 radical (unpaired) electrons.